The summed E-state index contributed by atoms with van der Waals surface area (Å²) in [7, 11) is 2.61. The average molecular weight is 394 g/mol. The molecule has 152 valence electrons. The summed E-state index contributed by atoms with van der Waals surface area (Å²) in [6.45, 7) is -1.78. The maximum absolute atomic E-state index is 13.1. The Bertz CT molecular complexity index is 747. The summed E-state index contributed by atoms with van der Waals surface area (Å²) < 4.78 is 40.2. The summed E-state index contributed by atoms with van der Waals surface area (Å²) in [5.41, 5.74) is 6.80. The van der Waals surface area contributed by atoms with Crippen molar-refractivity contribution < 1.29 is 27.8 Å². The minimum atomic E-state index is -3.05. The number of rotatable bonds is 10. The first-order valence-corrected chi connectivity index (χ1v) is 8.74. The first-order valence-electron chi connectivity index (χ1n) is 8.74. The quantitative estimate of drug-likeness (QED) is 0.669. The second kappa shape index (κ2) is 10.5. The van der Waals surface area contributed by atoms with Crippen LogP contribution in [0, 0.1) is 0 Å². The number of nitrogens with two attached hydrogens (primary N) is 1. The number of alkyl halides is 2. The number of hydrogen-bond acceptors (Lipinski definition) is 5. The molecule has 0 heterocycles. The molecule has 0 atom stereocenters. The minimum absolute atomic E-state index is 0.0125. The maximum atomic E-state index is 13.1. The van der Waals surface area contributed by atoms with Gasteiger partial charge in [0.1, 0.15) is 0 Å². The van der Waals surface area contributed by atoms with Gasteiger partial charge in [-0.1, -0.05) is 30.3 Å². The summed E-state index contributed by atoms with van der Waals surface area (Å²) in [4.78, 5) is 14.8. The summed E-state index contributed by atoms with van der Waals surface area (Å²) in [6, 6.07) is 12.2. The molecule has 2 N–H and O–H groups in total. The molecule has 0 radical (unpaired) electrons. The van der Waals surface area contributed by atoms with Crippen LogP contribution in [-0.4, -0.2) is 44.7 Å². The lowest BCUT2D eigenvalue weighted by atomic mass is 10.1. The Morgan fingerprint density at radius 2 is 1.71 bits per heavy atom. The van der Waals surface area contributed by atoms with E-state index in [0.29, 0.717) is 26.1 Å². The van der Waals surface area contributed by atoms with Gasteiger partial charge in [-0.15, -0.1) is 0 Å². The molecule has 0 saturated carbocycles. The third-order valence-corrected chi connectivity index (χ3v) is 4.05. The fraction of sp³-hybridized carbons (Fsp3) is 0.350. The van der Waals surface area contributed by atoms with Crippen molar-refractivity contribution in [3.63, 3.8) is 0 Å². The number of amides is 1. The number of benzene rings is 2. The van der Waals surface area contributed by atoms with Gasteiger partial charge in [0, 0.05) is 18.7 Å². The van der Waals surface area contributed by atoms with Crippen LogP contribution in [-0.2, 0) is 6.54 Å². The molecule has 2 aromatic carbocycles. The van der Waals surface area contributed by atoms with Gasteiger partial charge < -0.3 is 24.8 Å². The van der Waals surface area contributed by atoms with Crippen LogP contribution in [0.25, 0.3) is 0 Å². The molecule has 8 heteroatoms. The van der Waals surface area contributed by atoms with E-state index < -0.39 is 6.61 Å². The van der Waals surface area contributed by atoms with Crippen molar-refractivity contribution in [1.82, 2.24) is 4.90 Å². The zero-order valence-corrected chi connectivity index (χ0v) is 15.9. The van der Waals surface area contributed by atoms with Crippen molar-refractivity contribution in [2.24, 2.45) is 5.73 Å². The average Bonchev–Trinajstić information content (AvgIpc) is 2.71. The number of ether oxygens (including phenoxy) is 3. The highest BCUT2D eigenvalue weighted by atomic mass is 19.3. The first-order chi connectivity index (χ1) is 13.5. The Labute approximate surface area is 162 Å². The maximum Gasteiger partial charge on any atom is 0.387 e. The normalized spacial score (nSPS) is 10.6. The Balaban J connectivity index is 2.36. The van der Waals surface area contributed by atoms with Crippen LogP contribution < -0.4 is 19.9 Å². The van der Waals surface area contributed by atoms with Gasteiger partial charge in [0.25, 0.3) is 5.91 Å². The molecule has 28 heavy (non-hydrogen) atoms. The van der Waals surface area contributed by atoms with Gasteiger partial charge in [-0.05, 0) is 30.7 Å². The Morgan fingerprint density at radius 1 is 1.11 bits per heavy atom. The van der Waals surface area contributed by atoms with E-state index in [4.69, 9.17) is 15.2 Å². The molecule has 0 aromatic heterocycles. The van der Waals surface area contributed by atoms with Crippen LogP contribution in [0.5, 0.6) is 17.2 Å². The molecule has 0 bridgehead atoms. The summed E-state index contributed by atoms with van der Waals surface area (Å²) >= 11 is 0. The van der Waals surface area contributed by atoms with Crippen molar-refractivity contribution in [2.75, 3.05) is 27.3 Å². The van der Waals surface area contributed by atoms with Crippen LogP contribution in [0.3, 0.4) is 0 Å². The van der Waals surface area contributed by atoms with Crippen molar-refractivity contribution in [2.45, 2.75) is 19.6 Å². The first kappa shape index (κ1) is 21.4. The highest BCUT2D eigenvalue weighted by Crippen LogP contribution is 2.39. The largest absolute Gasteiger partial charge is 0.493 e. The van der Waals surface area contributed by atoms with E-state index in [-0.39, 0.29) is 28.7 Å². The Hall–Kier alpha value is -2.87. The van der Waals surface area contributed by atoms with Gasteiger partial charge >= 0.3 is 6.61 Å². The van der Waals surface area contributed by atoms with E-state index in [1.807, 2.05) is 30.3 Å². The van der Waals surface area contributed by atoms with Gasteiger partial charge in [0.15, 0.2) is 11.5 Å². The molecule has 0 fully saturated rings. The summed E-state index contributed by atoms with van der Waals surface area (Å²) in [6.07, 6.45) is 0.624. The SMILES string of the molecule is COc1cc(C(=O)N(CCCN)Cc2ccccc2)cc(OC)c1OC(F)F. The predicted molar refractivity (Wildman–Crippen MR) is 101 cm³/mol. The highest BCUT2D eigenvalue weighted by Gasteiger charge is 2.23. The van der Waals surface area contributed by atoms with Crippen molar-refractivity contribution >= 4 is 5.91 Å². The van der Waals surface area contributed by atoms with E-state index in [1.54, 1.807) is 4.90 Å². The zero-order chi connectivity index (χ0) is 20.5. The zero-order valence-electron chi connectivity index (χ0n) is 15.9. The summed E-state index contributed by atoms with van der Waals surface area (Å²) in [5, 5.41) is 0. The smallest absolute Gasteiger partial charge is 0.387 e. The lowest BCUT2D eigenvalue weighted by Gasteiger charge is -2.24. The van der Waals surface area contributed by atoms with Crippen molar-refractivity contribution in [3.8, 4) is 17.2 Å². The molecule has 0 unspecified atom stereocenters. The fourth-order valence-electron chi connectivity index (χ4n) is 2.73. The Morgan fingerprint density at radius 3 is 2.21 bits per heavy atom. The topological polar surface area (TPSA) is 74.0 Å². The molecule has 2 rings (SSSR count). The van der Waals surface area contributed by atoms with Gasteiger partial charge in [-0.3, -0.25) is 4.79 Å². The van der Waals surface area contributed by atoms with Crippen LogP contribution in [0.1, 0.15) is 22.3 Å². The molecule has 6 nitrogen and oxygen atoms in total. The van der Waals surface area contributed by atoms with E-state index in [1.165, 1.54) is 26.4 Å². The lowest BCUT2D eigenvalue weighted by Crippen LogP contribution is -2.32. The molecule has 0 saturated heterocycles. The molecule has 0 aliphatic carbocycles. The van der Waals surface area contributed by atoms with Crippen LogP contribution in [0.2, 0.25) is 0 Å². The van der Waals surface area contributed by atoms with Crippen molar-refractivity contribution in [3.05, 3.63) is 53.6 Å². The van der Waals surface area contributed by atoms with Gasteiger partial charge in [-0.25, -0.2) is 0 Å². The molecule has 1 amide bonds. The number of carbonyl (C=O) groups is 1. The molecule has 0 spiro atoms. The van der Waals surface area contributed by atoms with E-state index in [2.05, 4.69) is 4.74 Å². The molecular weight excluding hydrogens is 370 g/mol. The summed E-state index contributed by atoms with van der Waals surface area (Å²) in [5.74, 6) is -0.575. The number of methoxy groups -OCH3 is 2. The van der Waals surface area contributed by atoms with Crippen LogP contribution in [0.4, 0.5) is 8.78 Å². The second-order valence-corrected chi connectivity index (χ2v) is 5.94. The molecule has 2 aromatic rings. The molecule has 0 aliphatic rings. The third kappa shape index (κ3) is 5.56. The lowest BCUT2D eigenvalue weighted by molar-refractivity contribution is -0.0526. The van der Waals surface area contributed by atoms with E-state index >= 15 is 0 Å². The number of hydrogen-bond donors (Lipinski definition) is 1. The number of nitrogens with zero attached hydrogens (tertiary/aromatic N) is 1. The predicted octanol–water partition coefficient (Wildman–Crippen LogP) is 3.30. The standard InChI is InChI=1S/C20H24F2N2O4/c1-26-16-11-15(12-17(27-2)18(16)28-20(21)22)19(25)24(10-6-9-23)13-14-7-4-3-5-8-14/h3-5,7-8,11-12,20H,6,9-10,13,23H2,1-2H3. The molecular formula is C20H24F2N2O4. The Kier molecular flexibility index (Phi) is 8.01. The van der Waals surface area contributed by atoms with Crippen LogP contribution >= 0.6 is 0 Å². The highest BCUT2D eigenvalue weighted by molar-refractivity contribution is 5.95. The van der Waals surface area contributed by atoms with Crippen LogP contribution in [0.15, 0.2) is 42.5 Å². The second-order valence-electron chi connectivity index (χ2n) is 5.94. The minimum Gasteiger partial charge on any atom is -0.493 e. The fourth-order valence-corrected chi connectivity index (χ4v) is 2.73. The van der Waals surface area contributed by atoms with Gasteiger partial charge in [0.2, 0.25) is 5.75 Å². The van der Waals surface area contributed by atoms with Gasteiger partial charge in [-0.2, -0.15) is 8.78 Å². The molecule has 0 aliphatic heterocycles. The van der Waals surface area contributed by atoms with Crippen molar-refractivity contribution in [1.29, 1.82) is 0 Å². The van der Waals surface area contributed by atoms with E-state index in [0.717, 1.165) is 5.56 Å². The number of carbonyl (C=O) groups excluding carboxylic acids is 1. The monoisotopic (exact) mass is 394 g/mol. The third-order valence-electron chi connectivity index (χ3n) is 4.05. The van der Waals surface area contributed by atoms with Gasteiger partial charge in [0.05, 0.1) is 14.2 Å². The number of halogens is 2. The van der Waals surface area contributed by atoms with E-state index in [9.17, 15) is 13.6 Å².